The molecule has 2 aromatic heterocycles. The molecule has 0 aliphatic heterocycles. The minimum absolute atomic E-state index is 0.0585. The highest BCUT2D eigenvalue weighted by molar-refractivity contribution is 6.13. The Hall–Kier alpha value is -7.43. The second kappa shape index (κ2) is 13.4. The van der Waals surface area contributed by atoms with Crippen LogP contribution < -0.4 is 0 Å². The zero-order chi connectivity index (χ0) is 38.8. The molecule has 0 bridgehead atoms. The fourth-order valence-electron chi connectivity index (χ4n) is 8.84. The second-order valence-corrected chi connectivity index (χ2v) is 15.6. The quantitative estimate of drug-likeness (QED) is 0.170. The minimum atomic E-state index is -0.0585. The van der Waals surface area contributed by atoms with Gasteiger partial charge in [-0.3, -0.25) is 0 Å². The monoisotopic (exact) mass is 743 g/mol. The lowest BCUT2D eigenvalue weighted by Crippen LogP contribution is -2.14. The number of aromatic nitrogens is 3. The Morgan fingerprint density at radius 3 is 1.66 bits per heavy atom. The van der Waals surface area contributed by atoms with Crippen LogP contribution in [0.15, 0.2) is 192 Å². The Bertz CT molecular complexity index is 3200. The Labute approximate surface area is 337 Å². The predicted molar refractivity (Wildman–Crippen MR) is 237 cm³/mol. The summed E-state index contributed by atoms with van der Waals surface area (Å²) in [4.78, 5) is 15.5. The van der Waals surface area contributed by atoms with Gasteiger partial charge in [-0.1, -0.05) is 172 Å². The molecule has 4 heteroatoms. The van der Waals surface area contributed by atoms with E-state index in [0.717, 1.165) is 60.9 Å². The van der Waals surface area contributed by atoms with Crippen LogP contribution in [0.5, 0.6) is 0 Å². The summed E-state index contributed by atoms with van der Waals surface area (Å²) in [6, 6.07) is 66.1. The molecular formula is C54H37N3O. The standard InChI is InChI=1S/C54H37N3O/c1-54(2)46-25-12-11-22-41(46)42-29-27-39(33-47(42)54)37-20-13-19-36(31-37)38-28-30-48-45(32-38)50-44(24-14-26-49(50)58-48)53-56-51(35-17-7-4-8-18-35)55-52(57-53)43-23-10-9-21-40(43)34-15-5-3-6-16-34/h3-33H,1-2H3. The molecule has 58 heavy (non-hydrogen) atoms. The smallest absolute Gasteiger partial charge is 0.164 e. The number of furan rings is 1. The normalized spacial score (nSPS) is 12.8. The molecule has 0 amide bonds. The third-order valence-corrected chi connectivity index (χ3v) is 11.8. The third-order valence-electron chi connectivity index (χ3n) is 11.8. The molecule has 0 unspecified atom stereocenters. The van der Waals surface area contributed by atoms with E-state index in [4.69, 9.17) is 19.4 Å². The van der Waals surface area contributed by atoms with E-state index >= 15 is 0 Å². The van der Waals surface area contributed by atoms with Gasteiger partial charge in [0.25, 0.3) is 0 Å². The van der Waals surface area contributed by atoms with Crippen LogP contribution in [0.1, 0.15) is 25.0 Å². The summed E-state index contributed by atoms with van der Waals surface area (Å²) in [5.41, 5.74) is 16.5. The van der Waals surface area contributed by atoms with Crippen LogP contribution in [0.25, 0.3) is 101 Å². The average Bonchev–Trinajstić information content (AvgIpc) is 3.78. The summed E-state index contributed by atoms with van der Waals surface area (Å²) in [7, 11) is 0. The summed E-state index contributed by atoms with van der Waals surface area (Å²) in [5.74, 6) is 1.82. The molecule has 0 fully saturated rings. The fourth-order valence-corrected chi connectivity index (χ4v) is 8.84. The van der Waals surface area contributed by atoms with Crippen molar-refractivity contribution in [1.82, 2.24) is 15.0 Å². The van der Waals surface area contributed by atoms with Crippen molar-refractivity contribution in [2.45, 2.75) is 19.3 Å². The molecule has 274 valence electrons. The molecule has 2 heterocycles. The predicted octanol–water partition coefficient (Wildman–Crippen LogP) is 14.1. The summed E-state index contributed by atoms with van der Waals surface area (Å²) in [6.45, 7) is 4.67. The first-order valence-electron chi connectivity index (χ1n) is 19.8. The molecule has 0 saturated carbocycles. The van der Waals surface area contributed by atoms with Gasteiger partial charge in [-0.2, -0.15) is 0 Å². The Morgan fingerprint density at radius 1 is 0.345 bits per heavy atom. The number of nitrogens with zero attached hydrogens (tertiary/aromatic N) is 3. The minimum Gasteiger partial charge on any atom is -0.456 e. The topological polar surface area (TPSA) is 51.8 Å². The molecule has 8 aromatic carbocycles. The van der Waals surface area contributed by atoms with Crippen LogP contribution in [0.4, 0.5) is 0 Å². The van der Waals surface area contributed by atoms with E-state index in [2.05, 4.69) is 147 Å². The molecule has 0 radical (unpaired) electrons. The zero-order valence-corrected chi connectivity index (χ0v) is 32.1. The van der Waals surface area contributed by atoms with Crippen molar-refractivity contribution in [3.63, 3.8) is 0 Å². The largest absolute Gasteiger partial charge is 0.456 e. The van der Waals surface area contributed by atoms with Crippen LogP contribution in [0.3, 0.4) is 0 Å². The summed E-state index contributed by atoms with van der Waals surface area (Å²) >= 11 is 0. The highest BCUT2D eigenvalue weighted by atomic mass is 16.3. The van der Waals surface area contributed by atoms with E-state index in [1.165, 1.54) is 33.4 Å². The van der Waals surface area contributed by atoms with Gasteiger partial charge in [0.15, 0.2) is 17.5 Å². The Balaban J connectivity index is 1.04. The Morgan fingerprint density at radius 2 is 0.879 bits per heavy atom. The number of rotatable bonds is 6. The van der Waals surface area contributed by atoms with Crippen molar-refractivity contribution in [3.8, 4) is 78.7 Å². The number of fused-ring (bicyclic) bond motifs is 6. The van der Waals surface area contributed by atoms with Gasteiger partial charge in [0.2, 0.25) is 0 Å². The lowest BCUT2D eigenvalue weighted by molar-refractivity contribution is 0.660. The van der Waals surface area contributed by atoms with Gasteiger partial charge in [-0.25, -0.2) is 15.0 Å². The van der Waals surface area contributed by atoms with Gasteiger partial charge in [0.05, 0.1) is 0 Å². The zero-order valence-electron chi connectivity index (χ0n) is 32.1. The number of hydrogen-bond donors (Lipinski definition) is 0. The van der Waals surface area contributed by atoms with Gasteiger partial charge in [-0.15, -0.1) is 0 Å². The summed E-state index contributed by atoms with van der Waals surface area (Å²) in [6.07, 6.45) is 0. The van der Waals surface area contributed by atoms with Gasteiger partial charge in [0.1, 0.15) is 11.2 Å². The molecule has 0 saturated heterocycles. The molecule has 0 spiro atoms. The molecule has 0 atom stereocenters. The molecule has 10 aromatic rings. The van der Waals surface area contributed by atoms with E-state index in [0.29, 0.717) is 17.5 Å². The number of benzene rings is 8. The maximum absolute atomic E-state index is 6.52. The molecule has 1 aliphatic carbocycles. The molecule has 1 aliphatic rings. The van der Waals surface area contributed by atoms with Crippen molar-refractivity contribution < 1.29 is 4.42 Å². The van der Waals surface area contributed by atoms with E-state index in [9.17, 15) is 0 Å². The van der Waals surface area contributed by atoms with Gasteiger partial charge >= 0.3 is 0 Å². The van der Waals surface area contributed by atoms with Crippen molar-refractivity contribution in [2.75, 3.05) is 0 Å². The van der Waals surface area contributed by atoms with Crippen LogP contribution in [0.2, 0.25) is 0 Å². The second-order valence-electron chi connectivity index (χ2n) is 15.6. The molecule has 0 N–H and O–H groups in total. The van der Waals surface area contributed by atoms with Gasteiger partial charge in [0, 0.05) is 32.9 Å². The number of hydrogen-bond acceptors (Lipinski definition) is 4. The van der Waals surface area contributed by atoms with Crippen molar-refractivity contribution >= 4 is 21.9 Å². The molecule has 4 nitrogen and oxygen atoms in total. The maximum Gasteiger partial charge on any atom is 0.164 e. The van der Waals surface area contributed by atoms with Crippen LogP contribution >= 0.6 is 0 Å². The maximum atomic E-state index is 6.52. The first-order valence-corrected chi connectivity index (χ1v) is 19.8. The molecule has 11 rings (SSSR count). The van der Waals surface area contributed by atoms with E-state index < -0.39 is 0 Å². The first kappa shape index (κ1) is 33.9. The highest BCUT2D eigenvalue weighted by Crippen LogP contribution is 2.49. The van der Waals surface area contributed by atoms with Crippen molar-refractivity contribution in [1.29, 1.82) is 0 Å². The van der Waals surface area contributed by atoms with Crippen molar-refractivity contribution in [2.24, 2.45) is 0 Å². The van der Waals surface area contributed by atoms with Crippen molar-refractivity contribution in [3.05, 3.63) is 199 Å². The van der Waals surface area contributed by atoms with Gasteiger partial charge in [-0.05, 0) is 86.0 Å². The highest BCUT2D eigenvalue weighted by Gasteiger charge is 2.35. The van der Waals surface area contributed by atoms with E-state index in [1.807, 2.05) is 54.6 Å². The van der Waals surface area contributed by atoms with Gasteiger partial charge < -0.3 is 4.42 Å². The van der Waals surface area contributed by atoms with Crippen LogP contribution in [-0.2, 0) is 5.41 Å². The Kier molecular flexibility index (Phi) is 7.80. The lowest BCUT2D eigenvalue weighted by Gasteiger charge is -2.22. The lowest BCUT2D eigenvalue weighted by atomic mass is 9.81. The fraction of sp³-hybridized carbons (Fsp3) is 0.0556. The first-order chi connectivity index (χ1) is 28.5. The molecular weight excluding hydrogens is 707 g/mol. The summed E-state index contributed by atoms with van der Waals surface area (Å²) in [5, 5.41) is 1.99. The van der Waals surface area contributed by atoms with E-state index in [1.54, 1.807) is 0 Å². The third kappa shape index (κ3) is 5.56. The van der Waals surface area contributed by atoms with Crippen LogP contribution in [0, 0.1) is 0 Å². The average molecular weight is 744 g/mol. The van der Waals surface area contributed by atoms with Crippen LogP contribution in [-0.4, -0.2) is 15.0 Å². The summed E-state index contributed by atoms with van der Waals surface area (Å²) < 4.78 is 6.52. The SMILES string of the molecule is CC1(C)c2ccccc2-c2ccc(-c3cccc(-c4ccc5oc6cccc(-c7nc(-c8ccccc8)nc(-c8ccccc8-c8ccccc8)n7)c6c5c4)c3)cc21. The van der Waals surface area contributed by atoms with E-state index in [-0.39, 0.29) is 5.41 Å².